The summed E-state index contributed by atoms with van der Waals surface area (Å²) in [7, 11) is 0. The van der Waals surface area contributed by atoms with E-state index in [-0.39, 0.29) is 0 Å². The van der Waals surface area contributed by atoms with Crippen molar-refractivity contribution in [3.8, 4) is 6.07 Å². The molecule has 2 heterocycles. The topological polar surface area (TPSA) is 80.3 Å². The van der Waals surface area contributed by atoms with Crippen LogP contribution in [0.4, 0.5) is 0 Å². The first-order valence-electron chi connectivity index (χ1n) is 5.49. The predicted octanol–water partition coefficient (Wildman–Crippen LogP) is 1.75. The Morgan fingerprint density at radius 2 is 2.28 bits per heavy atom. The minimum atomic E-state index is 0.474. The first-order chi connectivity index (χ1) is 8.69. The minimum absolute atomic E-state index is 0.474. The van der Waals surface area contributed by atoms with Crippen LogP contribution in [-0.2, 0) is 6.54 Å². The Balaban J connectivity index is 2.13. The largest absolute Gasteiger partial charge is 0.248 e. The Hall–Kier alpha value is -1.94. The fourth-order valence-electron chi connectivity index (χ4n) is 1.33. The standard InChI is InChI=1S/C11H12N6S/c1-8(2)7-17-11(14-15-16-17)18-10-4-3-9(5-12)6-13-10/h3-4,6,8H,7H2,1-2H3. The Bertz CT molecular complexity index is 554. The molecule has 0 radical (unpaired) electrons. The van der Waals surface area contributed by atoms with Crippen LogP contribution < -0.4 is 0 Å². The molecule has 92 valence electrons. The van der Waals surface area contributed by atoms with Gasteiger partial charge < -0.3 is 0 Å². The summed E-state index contributed by atoms with van der Waals surface area (Å²) in [6, 6.07) is 5.55. The van der Waals surface area contributed by atoms with Gasteiger partial charge in [0.15, 0.2) is 0 Å². The van der Waals surface area contributed by atoms with Crippen molar-refractivity contribution >= 4 is 11.8 Å². The van der Waals surface area contributed by atoms with Crippen LogP contribution in [0.25, 0.3) is 0 Å². The van der Waals surface area contributed by atoms with E-state index >= 15 is 0 Å². The lowest BCUT2D eigenvalue weighted by molar-refractivity contribution is 0.445. The van der Waals surface area contributed by atoms with Gasteiger partial charge in [0, 0.05) is 12.7 Å². The average Bonchev–Trinajstić information content (AvgIpc) is 2.77. The van der Waals surface area contributed by atoms with Crippen LogP contribution in [-0.4, -0.2) is 25.2 Å². The summed E-state index contributed by atoms with van der Waals surface area (Å²) >= 11 is 1.39. The molecule has 6 nitrogen and oxygen atoms in total. The monoisotopic (exact) mass is 260 g/mol. The van der Waals surface area contributed by atoms with E-state index in [1.165, 1.54) is 11.8 Å². The maximum absolute atomic E-state index is 8.70. The van der Waals surface area contributed by atoms with Gasteiger partial charge in [-0.3, -0.25) is 0 Å². The zero-order valence-electron chi connectivity index (χ0n) is 10.1. The van der Waals surface area contributed by atoms with Crippen LogP contribution in [0.15, 0.2) is 28.5 Å². The van der Waals surface area contributed by atoms with Crippen molar-refractivity contribution < 1.29 is 0 Å². The summed E-state index contributed by atoms with van der Waals surface area (Å²) < 4.78 is 1.76. The summed E-state index contributed by atoms with van der Waals surface area (Å²) in [6.07, 6.45) is 1.54. The summed E-state index contributed by atoms with van der Waals surface area (Å²) in [5.41, 5.74) is 0.543. The van der Waals surface area contributed by atoms with Gasteiger partial charge in [-0.15, -0.1) is 5.10 Å². The lowest BCUT2D eigenvalue weighted by atomic mass is 10.2. The fraction of sp³-hybridized carbons (Fsp3) is 0.364. The second-order valence-electron chi connectivity index (χ2n) is 4.14. The SMILES string of the molecule is CC(C)Cn1nnnc1Sc1ccc(C#N)cn1. The van der Waals surface area contributed by atoms with Gasteiger partial charge in [0.25, 0.3) is 0 Å². The number of aromatic nitrogens is 5. The van der Waals surface area contributed by atoms with Gasteiger partial charge >= 0.3 is 0 Å². The molecule has 0 unspecified atom stereocenters. The Morgan fingerprint density at radius 1 is 1.44 bits per heavy atom. The van der Waals surface area contributed by atoms with Gasteiger partial charge in [0.05, 0.1) is 5.56 Å². The maximum atomic E-state index is 8.70. The van der Waals surface area contributed by atoms with Gasteiger partial charge in [0.1, 0.15) is 11.1 Å². The molecule has 0 N–H and O–H groups in total. The fourth-order valence-corrected chi connectivity index (χ4v) is 2.05. The molecule has 0 aliphatic heterocycles. The Labute approximate surface area is 109 Å². The molecule has 0 fully saturated rings. The van der Waals surface area contributed by atoms with Crippen LogP contribution in [0, 0.1) is 17.2 Å². The second kappa shape index (κ2) is 5.60. The van der Waals surface area contributed by atoms with E-state index in [4.69, 9.17) is 5.26 Å². The minimum Gasteiger partial charge on any atom is -0.248 e. The van der Waals surface area contributed by atoms with Crippen LogP contribution in [0.2, 0.25) is 0 Å². The van der Waals surface area contributed by atoms with Gasteiger partial charge in [-0.05, 0) is 40.2 Å². The van der Waals surface area contributed by atoms with Crippen LogP contribution >= 0.6 is 11.8 Å². The quantitative estimate of drug-likeness (QED) is 0.833. The molecule has 0 amide bonds. The van der Waals surface area contributed by atoms with Crippen molar-refractivity contribution in [3.63, 3.8) is 0 Å². The van der Waals surface area contributed by atoms with E-state index in [0.29, 0.717) is 16.6 Å². The van der Waals surface area contributed by atoms with Crippen LogP contribution in [0.1, 0.15) is 19.4 Å². The van der Waals surface area contributed by atoms with Gasteiger partial charge in [0.2, 0.25) is 5.16 Å². The lowest BCUT2D eigenvalue weighted by Crippen LogP contribution is -2.07. The second-order valence-corrected chi connectivity index (χ2v) is 5.12. The highest BCUT2D eigenvalue weighted by atomic mass is 32.2. The van der Waals surface area contributed by atoms with Crippen LogP contribution in [0.3, 0.4) is 0 Å². The highest BCUT2D eigenvalue weighted by Gasteiger charge is 2.10. The normalized spacial score (nSPS) is 10.6. The van der Waals surface area contributed by atoms with Crippen LogP contribution in [0.5, 0.6) is 0 Å². The van der Waals surface area contributed by atoms with Crippen molar-refractivity contribution in [2.24, 2.45) is 5.92 Å². The van der Waals surface area contributed by atoms with Gasteiger partial charge in [-0.1, -0.05) is 13.8 Å². The van der Waals surface area contributed by atoms with Crippen molar-refractivity contribution in [2.75, 3.05) is 0 Å². The summed E-state index contributed by atoms with van der Waals surface area (Å²) in [5.74, 6) is 0.474. The zero-order valence-corrected chi connectivity index (χ0v) is 10.9. The molecule has 0 bridgehead atoms. The zero-order chi connectivity index (χ0) is 13.0. The average molecular weight is 260 g/mol. The molecule has 0 spiro atoms. The van der Waals surface area contributed by atoms with E-state index in [9.17, 15) is 0 Å². The molecule has 0 saturated heterocycles. The molecule has 0 atom stereocenters. The molecule has 2 aromatic heterocycles. The van der Waals surface area contributed by atoms with Crippen molar-refractivity contribution in [3.05, 3.63) is 23.9 Å². The number of pyridine rings is 1. The molecule has 0 aromatic carbocycles. The predicted molar refractivity (Wildman–Crippen MR) is 65.7 cm³/mol. The van der Waals surface area contributed by atoms with E-state index in [1.54, 1.807) is 23.0 Å². The van der Waals surface area contributed by atoms with Gasteiger partial charge in [-0.25, -0.2) is 9.67 Å². The van der Waals surface area contributed by atoms with Crippen molar-refractivity contribution in [1.29, 1.82) is 5.26 Å². The van der Waals surface area contributed by atoms with E-state index in [0.717, 1.165) is 11.6 Å². The molecule has 18 heavy (non-hydrogen) atoms. The number of nitrogens with zero attached hydrogens (tertiary/aromatic N) is 6. The molecule has 2 aromatic rings. The molecule has 0 aliphatic rings. The molecular weight excluding hydrogens is 248 g/mol. The van der Waals surface area contributed by atoms with Crippen molar-refractivity contribution in [2.45, 2.75) is 30.6 Å². The number of hydrogen-bond donors (Lipinski definition) is 0. The number of rotatable bonds is 4. The number of tetrazole rings is 1. The summed E-state index contributed by atoms with van der Waals surface area (Å²) in [6.45, 7) is 4.98. The maximum Gasteiger partial charge on any atom is 0.215 e. The molecule has 2 rings (SSSR count). The van der Waals surface area contributed by atoms with E-state index in [1.807, 2.05) is 6.07 Å². The lowest BCUT2D eigenvalue weighted by Gasteiger charge is -2.05. The van der Waals surface area contributed by atoms with Gasteiger partial charge in [-0.2, -0.15) is 5.26 Å². The highest BCUT2D eigenvalue weighted by molar-refractivity contribution is 7.99. The van der Waals surface area contributed by atoms with Crippen molar-refractivity contribution in [1.82, 2.24) is 25.2 Å². The summed E-state index contributed by atoms with van der Waals surface area (Å²) in [4.78, 5) is 4.18. The number of nitriles is 1. The number of hydrogen-bond acceptors (Lipinski definition) is 6. The smallest absolute Gasteiger partial charge is 0.215 e. The molecular formula is C11H12N6S. The molecule has 0 saturated carbocycles. The Kier molecular flexibility index (Phi) is 3.89. The van der Waals surface area contributed by atoms with E-state index in [2.05, 4.69) is 34.4 Å². The summed E-state index contributed by atoms with van der Waals surface area (Å²) in [5, 5.41) is 21.8. The molecule has 7 heteroatoms. The van der Waals surface area contributed by atoms with E-state index < -0.39 is 0 Å². The highest BCUT2D eigenvalue weighted by Crippen LogP contribution is 2.23. The first-order valence-corrected chi connectivity index (χ1v) is 6.31. The molecule has 0 aliphatic carbocycles. The third-order valence-corrected chi connectivity index (χ3v) is 3.02. The third-order valence-electron chi connectivity index (χ3n) is 2.10. The first kappa shape index (κ1) is 12.5. The Morgan fingerprint density at radius 3 is 2.89 bits per heavy atom. The third kappa shape index (κ3) is 3.05.